The fraction of sp³-hybridized carbons (Fsp3) is 0.360. The molecule has 184 valence electrons. The number of fused-ring (bicyclic) bond motifs is 1. The van der Waals surface area contributed by atoms with Crippen molar-refractivity contribution in [2.24, 2.45) is 5.92 Å². The number of para-hydroxylation sites is 1. The molecule has 1 unspecified atom stereocenters. The molecule has 1 aliphatic rings. The molecule has 4 rings (SSSR count). The molecule has 0 bridgehead atoms. The molecular weight excluding hydrogens is 468 g/mol. The van der Waals surface area contributed by atoms with Crippen molar-refractivity contribution in [1.29, 1.82) is 0 Å². The number of amides is 2. The number of hydrogen-bond donors (Lipinski definition) is 2. The molecule has 35 heavy (non-hydrogen) atoms. The lowest BCUT2D eigenvalue weighted by atomic mass is 9.87. The zero-order valence-corrected chi connectivity index (χ0v) is 20.4. The molecule has 2 N–H and O–H groups in total. The van der Waals surface area contributed by atoms with E-state index in [1.807, 2.05) is 0 Å². The maximum Gasteiger partial charge on any atom is 0.328 e. The van der Waals surface area contributed by atoms with Gasteiger partial charge in [-0.05, 0) is 68.4 Å². The van der Waals surface area contributed by atoms with Gasteiger partial charge in [-0.3, -0.25) is 14.2 Å². The van der Waals surface area contributed by atoms with Crippen molar-refractivity contribution in [3.05, 3.63) is 70.8 Å². The predicted octanol–water partition coefficient (Wildman–Crippen LogP) is 3.14. The fourth-order valence-corrected chi connectivity index (χ4v) is 5.40. The van der Waals surface area contributed by atoms with E-state index in [1.54, 1.807) is 24.3 Å². The van der Waals surface area contributed by atoms with Crippen LogP contribution in [0, 0.1) is 5.92 Å². The number of carbonyl (C=O) groups excluding carboxylic acids is 2. The third-order valence-electron chi connectivity index (χ3n) is 6.44. The second-order valence-corrected chi connectivity index (χ2v) is 10.8. The highest BCUT2D eigenvalue weighted by atomic mass is 32.2. The Bertz CT molecular complexity index is 1410. The minimum atomic E-state index is -4.11. The number of sulfonamides is 1. The Morgan fingerprint density at radius 3 is 2.34 bits per heavy atom. The van der Waals surface area contributed by atoms with Crippen molar-refractivity contribution in [2.45, 2.75) is 56.5 Å². The van der Waals surface area contributed by atoms with E-state index in [2.05, 4.69) is 21.9 Å². The van der Waals surface area contributed by atoms with Crippen molar-refractivity contribution < 1.29 is 18.0 Å². The van der Waals surface area contributed by atoms with Gasteiger partial charge in [-0.1, -0.05) is 31.2 Å². The molecule has 0 spiro atoms. The Morgan fingerprint density at radius 1 is 1.03 bits per heavy atom. The van der Waals surface area contributed by atoms with Crippen LogP contribution >= 0.6 is 0 Å². The van der Waals surface area contributed by atoms with Gasteiger partial charge in [0.2, 0.25) is 0 Å². The van der Waals surface area contributed by atoms with Crippen LogP contribution in [0.1, 0.15) is 51.1 Å². The van der Waals surface area contributed by atoms with Crippen LogP contribution < -0.4 is 15.6 Å². The summed E-state index contributed by atoms with van der Waals surface area (Å²) < 4.78 is 28.7. The number of Topliss-reactive ketones (excluding diaryl/α,β-unsaturated/α-hetero) is 1. The zero-order valence-electron chi connectivity index (χ0n) is 19.6. The molecule has 0 radical (unpaired) electrons. The van der Waals surface area contributed by atoms with Crippen molar-refractivity contribution in [1.82, 2.24) is 19.6 Å². The Labute approximate surface area is 203 Å². The number of carbonyl (C=O) groups is 2. The average Bonchev–Trinajstić information content (AvgIpc) is 2.82. The molecule has 2 aromatic carbocycles. The second kappa shape index (κ2) is 9.99. The maximum absolute atomic E-state index is 13.0. The number of hydrogen-bond acceptors (Lipinski definition) is 6. The van der Waals surface area contributed by atoms with Gasteiger partial charge in [0.05, 0.1) is 22.1 Å². The monoisotopic (exact) mass is 496 g/mol. The molecule has 3 aromatic rings. The van der Waals surface area contributed by atoms with Crippen LogP contribution in [0.5, 0.6) is 0 Å². The second-order valence-electron chi connectivity index (χ2n) is 9.09. The van der Waals surface area contributed by atoms with Gasteiger partial charge in [-0.2, -0.15) is 0 Å². The lowest BCUT2D eigenvalue weighted by molar-refractivity contribution is -0.119. The summed E-state index contributed by atoms with van der Waals surface area (Å²) in [5.74, 6) is 0.303. The molecule has 1 saturated carbocycles. The van der Waals surface area contributed by atoms with Gasteiger partial charge < -0.3 is 5.32 Å². The highest BCUT2D eigenvalue weighted by Crippen LogP contribution is 2.24. The number of nitrogens with zero attached hydrogens (tertiary/aromatic N) is 2. The third kappa shape index (κ3) is 5.43. The van der Waals surface area contributed by atoms with Gasteiger partial charge in [0.25, 0.3) is 15.6 Å². The number of aromatic nitrogens is 2. The minimum Gasteiger partial charge on any atom is -0.335 e. The van der Waals surface area contributed by atoms with Gasteiger partial charge in [0.15, 0.2) is 5.78 Å². The number of nitrogens with one attached hydrogen (secondary N) is 2. The summed E-state index contributed by atoms with van der Waals surface area (Å²) in [5, 5.41) is 3.11. The first-order valence-electron chi connectivity index (χ1n) is 11.6. The normalized spacial score (nSPS) is 19.1. The van der Waals surface area contributed by atoms with E-state index in [0.717, 1.165) is 25.7 Å². The van der Waals surface area contributed by atoms with Crippen LogP contribution in [0.15, 0.2) is 64.5 Å². The fourth-order valence-electron chi connectivity index (χ4n) is 4.49. The Morgan fingerprint density at radius 2 is 1.69 bits per heavy atom. The van der Waals surface area contributed by atoms with Gasteiger partial charge in [-0.15, -0.1) is 0 Å². The van der Waals surface area contributed by atoms with Crippen molar-refractivity contribution in [2.75, 3.05) is 0 Å². The minimum absolute atomic E-state index is 0.0472. The standard InChI is InChI=1S/C25H28N4O5S/c1-16-7-11-19(12-8-16)27-25(32)28-35(33,34)20-13-9-18(10-14-20)23(17(2)30)29-15-26-22-6-4-3-5-21(22)24(29)31/h3-6,9-10,13-16,19,23H,7-8,11-12H2,1-2H3,(H2,27,28,32). The number of urea groups is 1. The van der Waals surface area contributed by atoms with Crippen LogP contribution in [-0.4, -0.2) is 35.8 Å². The number of benzene rings is 2. The first kappa shape index (κ1) is 24.6. The first-order valence-corrected chi connectivity index (χ1v) is 13.0. The number of rotatable bonds is 6. The molecule has 1 aliphatic carbocycles. The van der Waals surface area contributed by atoms with E-state index < -0.39 is 22.1 Å². The van der Waals surface area contributed by atoms with E-state index in [1.165, 1.54) is 42.1 Å². The molecule has 0 aliphatic heterocycles. The largest absolute Gasteiger partial charge is 0.335 e. The number of ketones is 1. The lowest BCUT2D eigenvalue weighted by Crippen LogP contribution is -2.45. The van der Waals surface area contributed by atoms with Crippen molar-refractivity contribution in [3.8, 4) is 0 Å². The summed E-state index contributed by atoms with van der Waals surface area (Å²) in [6.45, 7) is 3.52. The van der Waals surface area contributed by atoms with E-state index in [9.17, 15) is 22.8 Å². The predicted molar refractivity (Wildman–Crippen MR) is 132 cm³/mol. The Kier molecular flexibility index (Phi) is 7.02. The third-order valence-corrected chi connectivity index (χ3v) is 7.78. The van der Waals surface area contributed by atoms with Gasteiger partial charge >= 0.3 is 6.03 Å². The van der Waals surface area contributed by atoms with E-state index in [-0.39, 0.29) is 22.3 Å². The molecule has 1 aromatic heterocycles. The van der Waals surface area contributed by atoms with E-state index in [0.29, 0.717) is 22.4 Å². The molecule has 1 heterocycles. The topological polar surface area (TPSA) is 127 Å². The van der Waals surface area contributed by atoms with Crippen LogP contribution in [0.25, 0.3) is 10.9 Å². The quantitative estimate of drug-likeness (QED) is 0.540. The highest BCUT2D eigenvalue weighted by Gasteiger charge is 2.25. The zero-order chi connectivity index (χ0) is 25.2. The summed E-state index contributed by atoms with van der Waals surface area (Å²) in [6, 6.07) is 10.6. The highest BCUT2D eigenvalue weighted by molar-refractivity contribution is 7.90. The molecule has 2 amide bonds. The molecule has 9 nitrogen and oxygen atoms in total. The summed E-state index contributed by atoms with van der Waals surface area (Å²) >= 11 is 0. The molecule has 1 atom stereocenters. The van der Waals surface area contributed by atoms with Crippen molar-refractivity contribution in [3.63, 3.8) is 0 Å². The summed E-state index contributed by atoms with van der Waals surface area (Å²) in [5.41, 5.74) is 0.573. The average molecular weight is 497 g/mol. The smallest absolute Gasteiger partial charge is 0.328 e. The molecule has 10 heteroatoms. The van der Waals surface area contributed by atoms with E-state index in [4.69, 9.17) is 0 Å². The van der Waals surface area contributed by atoms with Gasteiger partial charge in [-0.25, -0.2) is 22.9 Å². The summed E-state index contributed by atoms with van der Waals surface area (Å²) in [4.78, 5) is 41.9. The van der Waals surface area contributed by atoms with Crippen LogP contribution in [-0.2, 0) is 14.8 Å². The molecular formula is C25H28N4O5S. The molecule has 0 saturated heterocycles. The van der Waals surface area contributed by atoms with Crippen LogP contribution in [0.2, 0.25) is 0 Å². The van der Waals surface area contributed by atoms with Crippen LogP contribution in [0.4, 0.5) is 4.79 Å². The van der Waals surface area contributed by atoms with Gasteiger partial charge in [0.1, 0.15) is 6.04 Å². The Hall–Kier alpha value is -3.53. The summed E-state index contributed by atoms with van der Waals surface area (Å²) in [6.07, 6.45) is 4.94. The summed E-state index contributed by atoms with van der Waals surface area (Å²) in [7, 11) is -4.11. The Balaban J connectivity index is 1.53. The SMILES string of the molecule is CC(=O)C(c1ccc(S(=O)(=O)NC(=O)NC2CCC(C)CC2)cc1)n1cnc2ccccc2c1=O. The molecule has 1 fully saturated rings. The van der Waals surface area contributed by atoms with E-state index >= 15 is 0 Å². The van der Waals surface area contributed by atoms with Gasteiger partial charge in [0, 0.05) is 6.04 Å². The van der Waals surface area contributed by atoms with Crippen molar-refractivity contribution >= 4 is 32.7 Å². The van der Waals surface area contributed by atoms with Crippen LogP contribution in [0.3, 0.4) is 0 Å². The maximum atomic E-state index is 13.0. The first-order chi connectivity index (χ1) is 16.7. The lowest BCUT2D eigenvalue weighted by Gasteiger charge is -2.26.